The van der Waals surface area contributed by atoms with E-state index in [9.17, 15) is 10.2 Å². The first-order chi connectivity index (χ1) is 10.2. The molecule has 2 N–H and O–H groups in total. The van der Waals surface area contributed by atoms with E-state index >= 15 is 0 Å². The van der Waals surface area contributed by atoms with E-state index in [-0.39, 0.29) is 6.10 Å². The van der Waals surface area contributed by atoms with Crippen molar-refractivity contribution < 1.29 is 19.7 Å². The van der Waals surface area contributed by atoms with E-state index < -0.39 is 6.10 Å². The number of hydrogen-bond acceptors (Lipinski definition) is 5. The van der Waals surface area contributed by atoms with Gasteiger partial charge in [0.2, 0.25) is 0 Å². The zero-order chi connectivity index (χ0) is 15.1. The Hall–Kier alpha value is -0.200. The highest BCUT2D eigenvalue weighted by atomic mass is 16.5. The molecule has 0 aromatic carbocycles. The summed E-state index contributed by atoms with van der Waals surface area (Å²) in [5.74, 6) is 0.392. The van der Waals surface area contributed by atoms with Crippen LogP contribution >= 0.6 is 0 Å². The van der Waals surface area contributed by atoms with E-state index in [2.05, 4.69) is 4.90 Å². The van der Waals surface area contributed by atoms with Gasteiger partial charge in [0.05, 0.1) is 32.0 Å². The lowest BCUT2D eigenvalue weighted by Crippen LogP contribution is -2.45. The van der Waals surface area contributed by atoms with E-state index in [1.54, 1.807) is 7.11 Å². The summed E-state index contributed by atoms with van der Waals surface area (Å²) in [6.07, 6.45) is 6.17. The number of likely N-dealkylation sites (tertiary alicyclic amines) is 1. The lowest BCUT2D eigenvalue weighted by molar-refractivity contribution is -0.0198. The Morgan fingerprint density at radius 3 is 2.71 bits per heavy atom. The molecule has 21 heavy (non-hydrogen) atoms. The van der Waals surface area contributed by atoms with Gasteiger partial charge in [-0.25, -0.2) is 0 Å². The van der Waals surface area contributed by atoms with E-state index in [4.69, 9.17) is 9.47 Å². The van der Waals surface area contributed by atoms with Crippen molar-refractivity contribution in [2.45, 2.75) is 56.8 Å². The van der Waals surface area contributed by atoms with Crippen molar-refractivity contribution in [1.82, 2.24) is 4.90 Å². The summed E-state index contributed by atoms with van der Waals surface area (Å²) in [4.78, 5) is 2.36. The van der Waals surface area contributed by atoms with Crippen molar-refractivity contribution >= 4 is 0 Å². The molecule has 0 bridgehead atoms. The Morgan fingerprint density at radius 2 is 1.95 bits per heavy atom. The SMILES string of the molecule is COCCOCC(O)CN1CCCC1C1CCCCC1O. The zero-order valence-electron chi connectivity index (χ0n) is 13.2. The van der Waals surface area contributed by atoms with Gasteiger partial charge in [0, 0.05) is 25.6 Å². The molecule has 124 valence electrons. The first-order valence-corrected chi connectivity index (χ1v) is 8.39. The number of aliphatic hydroxyl groups is 2. The summed E-state index contributed by atoms with van der Waals surface area (Å²) >= 11 is 0. The lowest BCUT2D eigenvalue weighted by Gasteiger charge is -2.37. The maximum absolute atomic E-state index is 10.3. The van der Waals surface area contributed by atoms with Gasteiger partial charge < -0.3 is 19.7 Å². The molecule has 0 radical (unpaired) electrons. The van der Waals surface area contributed by atoms with Gasteiger partial charge in [0.1, 0.15) is 0 Å². The van der Waals surface area contributed by atoms with Crippen LogP contribution in [0.1, 0.15) is 38.5 Å². The maximum atomic E-state index is 10.3. The molecule has 1 aliphatic carbocycles. The van der Waals surface area contributed by atoms with Gasteiger partial charge in [-0.3, -0.25) is 4.90 Å². The van der Waals surface area contributed by atoms with E-state index in [1.807, 2.05) is 0 Å². The molecule has 0 aromatic rings. The number of hydrogen-bond donors (Lipinski definition) is 2. The predicted molar refractivity (Wildman–Crippen MR) is 81.3 cm³/mol. The molecule has 2 fully saturated rings. The molecule has 1 heterocycles. The molecule has 5 heteroatoms. The summed E-state index contributed by atoms with van der Waals surface area (Å²) in [5.41, 5.74) is 0. The van der Waals surface area contributed by atoms with Crippen LogP contribution in [0.2, 0.25) is 0 Å². The predicted octanol–water partition coefficient (Wildman–Crippen LogP) is 1.03. The lowest BCUT2D eigenvalue weighted by atomic mass is 9.80. The minimum Gasteiger partial charge on any atom is -0.393 e. The zero-order valence-corrected chi connectivity index (χ0v) is 13.2. The number of β-amino-alcohol motifs (C(OH)–C–C–N with tert-alkyl or cyclic N) is 1. The summed E-state index contributed by atoms with van der Waals surface area (Å²) < 4.78 is 10.3. The van der Waals surface area contributed by atoms with Crippen LogP contribution in [0.4, 0.5) is 0 Å². The van der Waals surface area contributed by atoms with Gasteiger partial charge in [-0.15, -0.1) is 0 Å². The van der Waals surface area contributed by atoms with Crippen LogP contribution in [0.3, 0.4) is 0 Å². The quantitative estimate of drug-likeness (QED) is 0.656. The van der Waals surface area contributed by atoms with E-state index in [1.165, 1.54) is 12.8 Å². The van der Waals surface area contributed by atoms with Crippen LogP contribution in [-0.2, 0) is 9.47 Å². The fourth-order valence-electron chi connectivity index (χ4n) is 3.84. The molecule has 0 spiro atoms. The van der Waals surface area contributed by atoms with Crippen LogP contribution < -0.4 is 0 Å². The van der Waals surface area contributed by atoms with Gasteiger partial charge >= 0.3 is 0 Å². The largest absolute Gasteiger partial charge is 0.393 e. The highest BCUT2D eigenvalue weighted by Crippen LogP contribution is 2.34. The average Bonchev–Trinajstić information content (AvgIpc) is 2.92. The second kappa shape index (κ2) is 9.06. The Kier molecular flexibility index (Phi) is 7.40. The standard InChI is InChI=1S/C16H31NO4/c1-20-9-10-21-12-13(18)11-17-8-4-6-15(17)14-5-2-3-7-16(14)19/h13-16,18-19H,2-12H2,1H3. The molecule has 2 aliphatic rings. The fourth-order valence-corrected chi connectivity index (χ4v) is 3.84. The smallest absolute Gasteiger partial charge is 0.0900 e. The Bertz CT molecular complexity index is 289. The summed E-state index contributed by atoms with van der Waals surface area (Å²) in [7, 11) is 1.64. The Morgan fingerprint density at radius 1 is 1.14 bits per heavy atom. The number of aliphatic hydroxyl groups excluding tert-OH is 2. The second-order valence-electron chi connectivity index (χ2n) is 6.44. The van der Waals surface area contributed by atoms with Crippen molar-refractivity contribution in [2.24, 2.45) is 5.92 Å². The third kappa shape index (κ3) is 5.18. The molecule has 4 atom stereocenters. The minimum absolute atomic E-state index is 0.153. The minimum atomic E-state index is -0.455. The molecule has 5 nitrogen and oxygen atoms in total. The van der Waals surface area contributed by atoms with Crippen molar-refractivity contribution in [2.75, 3.05) is 40.0 Å². The van der Waals surface area contributed by atoms with Crippen molar-refractivity contribution in [3.63, 3.8) is 0 Å². The monoisotopic (exact) mass is 301 g/mol. The Balaban J connectivity index is 1.75. The van der Waals surface area contributed by atoms with Gasteiger partial charge in [-0.2, -0.15) is 0 Å². The molecule has 0 amide bonds. The fraction of sp³-hybridized carbons (Fsp3) is 1.00. The normalized spacial score (nSPS) is 32.4. The Labute approximate surface area is 128 Å². The number of nitrogens with zero attached hydrogens (tertiary/aromatic N) is 1. The maximum Gasteiger partial charge on any atom is 0.0900 e. The third-order valence-corrected chi connectivity index (χ3v) is 4.88. The van der Waals surface area contributed by atoms with Crippen LogP contribution in [0, 0.1) is 5.92 Å². The number of ether oxygens (including phenoxy) is 2. The van der Waals surface area contributed by atoms with Gasteiger partial charge in [-0.05, 0) is 32.2 Å². The van der Waals surface area contributed by atoms with E-state index in [0.717, 1.165) is 32.2 Å². The molecule has 4 unspecified atom stereocenters. The van der Waals surface area contributed by atoms with Gasteiger partial charge in [-0.1, -0.05) is 12.8 Å². The topological polar surface area (TPSA) is 62.2 Å². The highest BCUT2D eigenvalue weighted by molar-refractivity contribution is 4.91. The molecule has 1 saturated carbocycles. The first kappa shape index (κ1) is 17.2. The summed E-state index contributed by atoms with van der Waals surface area (Å²) in [5, 5.41) is 20.4. The molecule has 1 saturated heterocycles. The third-order valence-electron chi connectivity index (χ3n) is 4.88. The molecule has 0 aromatic heterocycles. The molecular formula is C16H31NO4. The van der Waals surface area contributed by atoms with Gasteiger partial charge in [0.15, 0.2) is 0 Å². The van der Waals surface area contributed by atoms with Crippen LogP contribution in [0.25, 0.3) is 0 Å². The average molecular weight is 301 g/mol. The summed E-state index contributed by atoms with van der Waals surface area (Å²) in [6.45, 7) is 3.13. The molecular weight excluding hydrogens is 270 g/mol. The molecule has 2 rings (SSSR count). The number of rotatable bonds is 8. The number of methoxy groups -OCH3 is 1. The van der Waals surface area contributed by atoms with Crippen LogP contribution in [0.5, 0.6) is 0 Å². The first-order valence-electron chi connectivity index (χ1n) is 8.39. The van der Waals surface area contributed by atoms with Crippen molar-refractivity contribution in [1.29, 1.82) is 0 Å². The van der Waals surface area contributed by atoms with Crippen LogP contribution in [-0.4, -0.2) is 73.4 Å². The van der Waals surface area contributed by atoms with Crippen molar-refractivity contribution in [3.8, 4) is 0 Å². The van der Waals surface area contributed by atoms with Crippen LogP contribution in [0.15, 0.2) is 0 Å². The summed E-state index contributed by atoms with van der Waals surface area (Å²) in [6, 6.07) is 0.439. The highest BCUT2D eigenvalue weighted by Gasteiger charge is 2.37. The second-order valence-corrected chi connectivity index (χ2v) is 6.44. The van der Waals surface area contributed by atoms with Crippen molar-refractivity contribution in [3.05, 3.63) is 0 Å². The van der Waals surface area contributed by atoms with E-state index in [0.29, 0.717) is 38.3 Å². The molecule has 1 aliphatic heterocycles. The van der Waals surface area contributed by atoms with Gasteiger partial charge in [0.25, 0.3) is 0 Å².